The van der Waals surface area contributed by atoms with Gasteiger partial charge in [0.05, 0.1) is 6.54 Å². The third-order valence-corrected chi connectivity index (χ3v) is 2.73. The molecule has 0 aliphatic carbocycles. The summed E-state index contributed by atoms with van der Waals surface area (Å²) < 4.78 is 3.96. The number of aromatic nitrogens is 1. The number of amides is 1. The molecule has 0 saturated carbocycles. The van der Waals surface area contributed by atoms with Gasteiger partial charge in [0.2, 0.25) is 5.91 Å². The Morgan fingerprint density at radius 2 is 2.54 bits per heavy atom. The molecule has 1 aromatic rings. The molecule has 0 unspecified atom stereocenters. The number of hydrogen-bond donors (Lipinski definition) is 2. The standard InChI is InChI=1S/C7H10N4OS/c8-5-3-7(13-10-5)11-2-1-9-6(12)4-11/h3H,1-2,4H2,(H2,8,10)(H,9,12). The first kappa shape index (κ1) is 8.31. The second-order valence-corrected chi connectivity index (χ2v) is 3.64. The first-order valence-electron chi connectivity index (χ1n) is 3.99. The van der Waals surface area contributed by atoms with Crippen LogP contribution in [0.1, 0.15) is 0 Å². The van der Waals surface area contributed by atoms with E-state index in [0.717, 1.165) is 11.5 Å². The monoisotopic (exact) mass is 198 g/mol. The Labute approximate surface area is 79.7 Å². The summed E-state index contributed by atoms with van der Waals surface area (Å²) in [6.45, 7) is 1.92. The van der Waals surface area contributed by atoms with Gasteiger partial charge in [-0.3, -0.25) is 4.79 Å². The Kier molecular flexibility index (Phi) is 2.05. The number of nitrogens with one attached hydrogen (secondary N) is 1. The van der Waals surface area contributed by atoms with Crippen LogP contribution in [0.5, 0.6) is 0 Å². The molecule has 13 heavy (non-hydrogen) atoms. The van der Waals surface area contributed by atoms with Crippen molar-refractivity contribution in [3.8, 4) is 0 Å². The molecular formula is C7H10N4OS. The molecule has 1 aliphatic rings. The predicted molar refractivity (Wildman–Crippen MR) is 51.7 cm³/mol. The summed E-state index contributed by atoms with van der Waals surface area (Å²) >= 11 is 1.33. The van der Waals surface area contributed by atoms with Crippen molar-refractivity contribution in [2.75, 3.05) is 30.3 Å². The van der Waals surface area contributed by atoms with Crippen LogP contribution in [-0.4, -0.2) is 29.9 Å². The van der Waals surface area contributed by atoms with Crippen LogP contribution < -0.4 is 16.0 Å². The van der Waals surface area contributed by atoms with Crippen LogP contribution in [0, 0.1) is 0 Å². The molecule has 3 N–H and O–H groups in total. The summed E-state index contributed by atoms with van der Waals surface area (Å²) in [7, 11) is 0. The van der Waals surface area contributed by atoms with E-state index in [1.54, 1.807) is 6.07 Å². The van der Waals surface area contributed by atoms with Crippen molar-refractivity contribution in [1.29, 1.82) is 0 Å². The molecule has 70 valence electrons. The zero-order chi connectivity index (χ0) is 9.26. The largest absolute Gasteiger partial charge is 0.383 e. The zero-order valence-electron chi connectivity index (χ0n) is 6.99. The highest BCUT2D eigenvalue weighted by atomic mass is 32.1. The van der Waals surface area contributed by atoms with Crippen LogP contribution in [0.15, 0.2) is 6.07 Å². The average molecular weight is 198 g/mol. The van der Waals surface area contributed by atoms with E-state index in [1.165, 1.54) is 11.5 Å². The van der Waals surface area contributed by atoms with Crippen molar-refractivity contribution in [2.24, 2.45) is 0 Å². The molecule has 1 fully saturated rings. The van der Waals surface area contributed by atoms with Crippen LogP contribution in [0.3, 0.4) is 0 Å². The summed E-state index contributed by atoms with van der Waals surface area (Å²) in [5.41, 5.74) is 5.49. The molecule has 6 heteroatoms. The van der Waals surface area contributed by atoms with Crippen LogP contribution in [-0.2, 0) is 4.79 Å². The normalized spacial score (nSPS) is 17.2. The number of carbonyl (C=O) groups is 1. The van der Waals surface area contributed by atoms with Gasteiger partial charge in [0.1, 0.15) is 10.8 Å². The van der Waals surface area contributed by atoms with Gasteiger partial charge in [-0.15, -0.1) is 0 Å². The molecule has 1 aromatic heterocycles. The fourth-order valence-electron chi connectivity index (χ4n) is 1.25. The van der Waals surface area contributed by atoms with Gasteiger partial charge in [-0.25, -0.2) is 0 Å². The zero-order valence-corrected chi connectivity index (χ0v) is 7.80. The summed E-state index contributed by atoms with van der Waals surface area (Å²) in [4.78, 5) is 13.0. The highest BCUT2D eigenvalue weighted by Crippen LogP contribution is 2.22. The summed E-state index contributed by atoms with van der Waals surface area (Å²) in [6.07, 6.45) is 0. The van der Waals surface area contributed by atoms with Crippen molar-refractivity contribution in [3.63, 3.8) is 0 Å². The number of carbonyl (C=O) groups excluding carboxylic acids is 1. The van der Waals surface area contributed by atoms with Gasteiger partial charge < -0.3 is 16.0 Å². The van der Waals surface area contributed by atoms with E-state index in [-0.39, 0.29) is 5.91 Å². The van der Waals surface area contributed by atoms with Crippen LogP contribution >= 0.6 is 11.5 Å². The van der Waals surface area contributed by atoms with Crippen molar-refractivity contribution < 1.29 is 4.79 Å². The van der Waals surface area contributed by atoms with Gasteiger partial charge in [-0.2, -0.15) is 4.37 Å². The van der Waals surface area contributed by atoms with Crippen molar-refractivity contribution >= 4 is 28.3 Å². The Balaban J connectivity index is 2.12. The Morgan fingerprint density at radius 3 is 3.15 bits per heavy atom. The number of nitrogens with zero attached hydrogens (tertiary/aromatic N) is 2. The van der Waals surface area contributed by atoms with Gasteiger partial charge in [0, 0.05) is 19.2 Å². The molecule has 2 rings (SSSR count). The smallest absolute Gasteiger partial charge is 0.239 e. The average Bonchev–Trinajstić information content (AvgIpc) is 2.52. The van der Waals surface area contributed by atoms with Gasteiger partial charge in [-0.1, -0.05) is 0 Å². The fraction of sp³-hybridized carbons (Fsp3) is 0.429. The number of rotatable bonds is 1. The highest BCUT2D eigenvalue weighted by molar-refractivity contribution is 7.10. The number of hydrogen-bond acceptors (Lipinski definition) is 5. The molecule has 0 atom stereocenters. The van der Waals surface area contributed by atoms with Crippen LogP contribution in [0.4, 0.5) is 10.8 Å². The molecule has 1 saturated heterocycles. The first-order valence-corrected chi connectivity index (χ1v) is 4.77. The van der Waals surface area contributed by atoms with Crippen LogP contribution in [0.25, 0.3) is 0 Å². The molecule has 1 aliphatic heterocycles. The minimum absolute atomic E-state index is 0.0539. The lowest BCUT2D eigenvalue weighted by molar-refractivity contribution is -0.120. The summed E-state index contributed by atoms with van der Waals surface area (Å²) in [6, 6.07) is 1.79. The second kappa shape index (κ2) is 3.21. The number of anilines is 2. The van der Waals surface area contributed by atoms with E-state index in [1.807, 2.05) is 4.90 Å². The molecular weight excluding hydrogens is 188 g/mol. The number of nitrogens with two attached hydrogens (primary N) is 1. The third kappa shape index (κ3) is 1.72. The van der Waals surface area contributed by atoms with Crippen molar-refractivity contribution in [3.05, 3.63) is 6.07 Å². The fourth-order valence-corrected chi connectivity index (χ4v) is 1.95. The topological polar surface area (TPSA) is 71.2 Å². The molecule has 0 radical (unpaired) electrons. The minimum Gasteiger partial charge on any atom is -0.383 e. The molecule has 0 bridgehead atoms. The van der Waals surface area contributed by atoms with Gasteiger partial charge in [0.25, 0.3) is 0 Å². The maximum absolute atomic E-state index is 11.1. The van der Waals surface area contributed by atoms with Crippen LogP contribution in [0.2, 0.25) is 0 Å². The van der Waals surface area contributed by atoms with E-state index < -0.39 is 0 Å². The van der Waals surface area contributed by atoms with E-state index in [0.29, 0.717) is 18.9 Å². The van der Waals surface area contributed by atoms with Gasteiger partial charge >= 0.3 is 0 Å². The SMILES string of the molecule is Nc1cc(N2CCNC(=O)C2)sn1. The lowest BCUT2D eigenvalue weighted by atomic mass is 10.3. The van der Waals surface area contributed by atoms with Crippen molar-refractivity contribution in [2.45, 2.75) is 0 Å². The maximum Gasteiger partial charge on any atom is 0.239 e. The molecule has 0 aromatic carbocycles. The Bertz CT molecular complexity index is 324. The summed E-state index contributed by atoms with van der Waals surface area (Å²) in [5, 5.41) is 3.73. The molecule has 0 spiro atoms. The van der Waals surface area contributed by atoms with E-state index in [2.05, 4.69) is 9.69 Å². The molecule has 1 amide bonds. The Morgan fingerprint density at radius 1 is 1.69 bits per heavy atom. The van der Waals surface area contributed by atoms with Gasteiger partial charge in [-0.05, 0) is 11.5 Å². The third-order valence-electron chi connectivity index (χ3n) is 1.87. The summed E-state index contributed by atoms with van der Waals surface area (Å²) in [5.74, 6) is 0.573. The maximum atomic E-state index is 11.1. The minimum atomic E-state index is 0.0539. The second-order valence-electron chi connectivity index (χ2n) is 2.86. The highest BCUT2D eigenvalue weighted by Gasteiger charge is 2.17. The number of nitrogen functional groups attached to an aromatic ring is 1. The van der Waals surface area contributed by atoms with E-state index in [4.69, 9.17) is 5.73 Å². The van der Waals surface area contributed by atoms with E-state index >= 15 is 0 Å². The number of piperazine rings is 1. The molecule has 5 nitrogen and oxygen atoms in total. The quantitative estimate of drug-likeness (QED) is 0.647. The molecule has 2 heterocycles. The predicted octanol–water partition coefficient (Wildman–Crippen LogP) is -0.339. The van der Waals surface area contributed by atoms with E-state index in [9.17, 15) is 4.79 Å². The first-order chi connectivity index (χ1) is 6.25. The Hall–Kier alpha value is -1.30. The van der Waals surface area contributed by atoms with Gasteiger partial charge in [0.15, 0.2) is 0 Å². The lowest BCUT2D eigenvalue weighted by Crippen LogP contribution is -2.47. The lowest BCUT2D eigenvalue weighted by Gasteiger charge is -2.26. The van der Waals surface area contributed by atoms with Crippen molar-refractivity contribution in [1.82, 2.24) is 9.69 Å².